The molecule has 0 spiro atoms. The van der Waals surface area contributed by atoms with Crippen LogP contribution in [0.3, 0.4) is 0 Å². The zero-order valence-corrected chi connectivity index (χ0v) is 11.7. The van der Waals surface area contributed by atoms with Gasteiger partial charge < -0.3 is 4.98 Å². The standard InChI is InChI=1S/C18H12F2N2/c19-18(20)7-12-2-1-3-13(15(12)8-18)16-10-22-17-5-4-11(9-21)6-14(16)17/h1-6,10,22H,7-8H2. The Hall–Kier alpha value is -2.67. The zero-order valence-electron chi connectivity index (χ0n) is 11.7. The van der Waals surface area contributed by atoms with Crippen LogP contribution in [0.2, 0.25) is 0 Å². The summed E-state index contributed by atoms with van der Waals surface area (Å²) in [6, 6.07) is 13.0. The number of rotatable bonds is 1. The molecule has 22 heavy (non-hydrogen) atoms. The molecule has 1 aromatic heterocycles. The molecule has 0 saturated carbocycles. The summed E-state index contributed by atoms with van der Waals surface area (Å²) >= 11 is 0. The second-order valence-electron chi connectivity index (χ2n) is 5.73. The molecular weight excluding hydrogens is 282 g/mol. The maximum Gasteiger partial charge on any atom is 0.256 e. The van der Waals surface area contributed by atoms with Crippen LogP contribution in [-0.4, -0.2) is 10.9 Å². The second-order valence-corrected chi connectivity index (χ2v) is 5.73. The van der Waals surface area contributed by atoms with Gasteiger partial charge in [-0.25, -0.2) is 8.78 Å². The van der Waals surface area contributed by atoms with Gasteiger partial charge in [-0.1, -0.05) is 18.2 Å². The summed E-state index contributed by atoms with van der Waals surface area (Å²) in [6.07, 6.45) is 1.42. The quantitative estimate of drug-likeness (QED) is 0.708. The highest BCUT2D eigenvalue weighted by atomic mass is 19.3. The number of aromatic nitrogens is 1. The van der Waals surface area contributed by atoms with Gasteiger partial charge in [0.1, 0.15) is 0 Å². The summed E-state index contributed by atoms with van der Waals surface area (Å²) in [6.45, 7) is 0. The van der Waals surface area contributed by atoms with Gasteiger partial charge >= 0.3 is 0 Å². The largest absolute Gasteiger partial charge is 0.361 e. The Morgan fingerprint density at radius 1 is 1.09 bits per heavy atom. The summed E-state index contributed by atoms with van der Waals surface area (Å²) in [7, 11) is 0. The number of benzene rings is 2. The molecule has 2 nitrogen and oxygen atoms in total. The Morgan fingerprint density at radius 3 is 2.77 bits per heavy atom. The number of nitrogens with one attached hydrogen (secondary N) is 1. The van der Waals surface area contributed by atoms with Crippen molar-refractivity contribution < 1.29 is 8.78 Å². The number of hydrogen-bond acceptors (Lipinski definition) is 1. The maximum atomic E-state index is 13.7. The Bertz CT molecular complexity index is 932. The number of hydrogen-bond donors (Lipinski definition) is 1. The molecule has 0 bridgehead atoms. The summed E-state index contributed by atoms with van der Waals surface area (Å²) < 4.78 is 27.5. The molecule has 3 aromatic rings. The molecule has 0 unspecified atom stereocenters. The minimum Gasteiger partial charge on any atom is -0.361 e. The van der Waals surface area contributed by atoms with Crippen molar-refractivity contribution in [2.45, 2.75) is 18.8 Å². The number of H-pyrrole nitrogens is 1. The number of fused-ring (bicyclic) bond motifs is 2. The molecule has 1 N–H and O–H groups in total. The first kappa shape index (κ1) is 13.0. The highest BCUT2D eigenvalue weighted by Crippen LogP contribution is 2.41. The van der Waals surface area contributed by atoms with Crippen LogP contribution in [0, 0.1) is 11.3 Å². The smallest absolute Gasteiger partial charge is 0.256 e. The molecule has 0 atom stereocenters. The van der Waals surface area contributed by atoms with Crippen LogP contribution in [0.15, 0.2) is 42.6 Å². The number of halogens is 2. The van der Waals surface area contributed by atoms with Gasteiger partial charge in [-0.05, 0) is 34.9 Å². The highest BCUT2D eigenvalue weighted by molar-refractivity contribution is 5.97. The SMILES string of the molecule is N#Cc1ccc2[nH]cc(-c3cccc4c3CC(F)(F)C4)c2c1. The molecule has 108 valence electrons. The van der Waals surface area contributed by atoms with Crippen LogP contribution < -0.4 is 0 Å². The van der Waals surface area contributed by atoms with Gasteiger partial charge in [0.2, 0.25) is 0 Å². The van der Waals surface area contributed by atoms with Gasteiger partial charge in [0.15, 0.2) is 0 Å². The van der Waals surface area contributed by atoms with Crippen LogP contribution in [0.1, 0.15) is 16.7 Å². The van der Waals surface area contributed by atoms with E-state index in [0.29, 0.717) is 11.1 Å². The second kappa shape index (κ2) is 4.41. The molecule has 0 fully saturated rings. The molecule has 0 saturated heterocycles. The first-order chi connectivity index (χ1) is 10.6. The van der Waals surface area contributed by atoms with Gasteiger partial charge in [-0.3, -0.25) is 0 Å². The van der Waals surface area contributed by atoms with Crippen molar-refractivity contribution in [2.75, 3.05) is 0 Å². The molecule has 4 heteroatoms. The fraction of sp³-hybridized carbons (Fsp3) is 0.167. The van der Waals surface area contributed by atoms with Gasteiger partial charge in [0.05, 0.1) is 11.6 Å². The molecule has 1 aliphatic rings. The summed E-state index contributed by atoms with van der Waals surface area (Å²) in [5.74, 6) is -2.66. The van der Waals surface area contributed by atoms with Crippen molar-refractivity contribution in [3.8, 4) is 17.2 Å². The number of alkyl halides is 2. The van der Waals surface area contributed by atoms with E-state index in [1.165, 1.54) is 0 Å². The van der Waals surface area contributed by atoms with Crippen molar-refractivity contribution in [1.82, 2.24) is 4.98 Å². The normalized spacial score (nSPS) is 15.7. The van der Waals surface area contributed by atoms with Crippen molar-refractivity contribution in [1.29, 1.82) is 5.26 Å². The third-order valence-corrected chi connectivity index (χ3v) is 4.26. The van der Waals surface area contributed by atoms with Gasteiger partial charge in [0.25, 0.3) is 5.92 Å². The third kappa shape index (κ3) is 1.90. The molecule has 1 heterocycles. The van der Waals surface area contributed by atoms with Crippen molar-refractivity contribution in [2.24, 2.45) is 0 Å². The average molecular weight is 294 g/mol. The van der Waals surface area contributed by atoms with Gasteiger partial charge in [-0.15, -0.1) is 0 Å². The lowest BCUT2D eigenvalue weighted by molar-refractivity contribution is 0.0131. The van der Waals surface area contributed by atoms with Gasteiger partial charge in [-0.2, -0.15) is 5.26 Å². The fourth-order valence-electron chi connectivity index (χ4n) is 3.27. The van der Waals surface area contributed by atoms with E-state index in [9.17, 15) is 8.78 Å². The topological polar surface area (TPSA) is 39.6 Å². The average Bonchev–Trinajstić information content (AvgIpc) is 3.04. The minimum atomic E-state index is -2.66. The maximum absolute atomic E-state index is 13.7. The summed E-state index contributed by atoms with van der Waals surface area (Å²) in [5, 5.41) is 9.95. The van der Waals surface area contributed by atoms with E-state index in [1.54, 1.807) is 18.2 Å². The molecule has 4 rings (SSSR count). The fourth-order valence-corrected chi connectivity index (χ4v) is 3.27. The van der Waals surface area contributed by atoms with E-state index < -0.39 is 5.92 Å². The van der Waals surface area contributed by atoms with Crippen LogP contribution >= 0.6 is 0 Å². The Kier molecular flexibility index (Phi) is 2.61. The molecular formula is C18H12F2N2. The highest BCUT2D eigenvalue weighted by Gasteiger charge is 2.38. The monoisotopic (exact) mass is 294 g/mol. The molecule has 2 aromatic carbocycles. The first-order valence-corrected chi connectivity index (χ1v) is 7.08. The lowest BCUT2D eigenvalue weighted by atomic mass is 9.96. The van der Waals surface area contributed by atoms with E-state index in [0.717, 1.165) is 27.6 Å². The number of nitriles is 1. The summed E-state index contributed by atoms with van der Waals surface area (Å²) in [5.41, 5.74) is 4.60. The lowest BCUT2D eigenvalue weighted by Crippen LogP contribution is -2.14. The lowest BCUT2D eigenvalue weighted by Gasteiger charge is -2.08. The minimum absolute atomic E-state index is 0.192. The Balaban J connectivity index is 1.95. The van der Waals surface area contributed by atoms with Crippen molar-refractivity contribution in [3.05, 3.63) is 59.3 Å². The van der Waals surface area contributed by atoms with E-state index in [1.807, 2.05) is 24.4 Å². The number of nitrogens with zero attached hydrogens (tertiary/aromatic N) is 1. The van der Waals surface area contributed by atoms with Crippen molar-refractivity contribution in [3.63, 3.8) is 0 Å². The van der Waals surface area contributed by atoms with Crippen LogP contribution in [-0.2, 0) is 12.8 Å². The van der Waals surface area contributed by atoms with Crippen LogP contribution in [0.25, 0.3) is 22.0 Å². The zero-order chi connectivity index (χ0) is 15.3. The van der Waals surface area contributed by atoms with Crippen molar-refractivity contribution >= 4 is 10.9 Å². The van der Waals surface area contributed by atoms with Crippen LogP contribution in [0.4, 0.5) is 8.78 Å². The van der Waals surface area contributed by atoms with E-state index in [-0.39, 0.29) is 12.8 Å². The van der Waals surface area contributed by atoms with E-state index in [2.05, 4.69) is 11.1 Å². The number of aromatic amines is 1. The Morgan fingerprint density at radius 2 is 1.95 bits per heavy atom. The van der Waals surface area contributed by atoms with Gasteiger partial charge in [0, 0.05) is 35.5 Å². The Labute approximate surface area is 126 Å². The predicted molar refractivity (Wildman–Crippen MR) is 80.8 cm³/mol. The molecule has 0 aliphatic heterocycles. The van der Waals surface area contributed by atoms with Crippen LogP contribution in [0.5, 0.6) is 0 Å². The predicted octanol–water partition coefficient (Wildman–Crippen LogP) is 4.44. The van der Waals surface area contributed by atoms with E-state index in [4.69, 9.17) is 5.26 Å². The molecule has 0 amide bonds. The first-order valence-electron chi connectivity index (χ1n) is 7.08. The molecule has 0 radical (unpaired) electrons. The summed E-state index contributed by atoms with van der Waals surface area (Å²) in [4.78, 5) is 3.15. The molecule has 1 aliphatic carbocycles. The third-order valence-electron chi connectivity index (χ3n) is 4.26. The van der Waals surface area contributed by atoms with E-state index >= 15 is 0 Å².